The van der Waals surface area contributed by atoms with Crippen molar-refractivity contribution in [2.75, 3.05) is 14.2 Å². The number of carbonyl (C=O) groups is 4. The summed E-state index contributed by atoms with van der Waals surface area (Å²) in [6.07, 6.45) is 7.50. The Morgan fingerprint density at radius 3 is 2.26 bits per heavy atom. The number of hydrogen-bond acceptors (Lipinski definition) is 7. The molecule has 2 amide bonds. The van der Waals surface area contributed by atoms with Gasteiger partial charge in [-0.05, 0) is 73.2 Å². The average molecular weight is 596 g/mol. The second-order valence-electron chi connectivity index (χ2n) is 11.3. The lowest BCUT2D eigenvalue weighted by Gasteiger charge is -2.41. The van der Waals surface area contributed by atoms with Gasteiger partial charge in [0.25, 0.3) is 0 Å². The molecule has 39 heavy (non-hydrogen) atoms. The molecule has 1 fully saturated rings. The first-order chi connectivity index (χ1) is 18.4. The molecule has 1 heterocycles. The van der Waals surface area contributed by atoms with E-state index in [1.54, 1.807) is 18.2 Å². The first kappa shape index (κ1) is 27.1. The predicted octanol–water partition coefficient (Wildman–Crippen LogP) is 4.52. The summed E-state index contributed by atoms with van der Waals surface area (Å²) in [5.41, 5.74) is 1.62. The molecule has 5 rings (SSSR count). The third-order valence-electron chi connectivity index (χ3n) is 8.03. The fraction of sp³-hybridized carbons (Fsp3) is 0.400. The van der Waals surface area contributed by atoms with Crippen LogP contribution >= 0.6 is 15.9 Å². The van der Waals surface area contributed by atoms with Crippen molar-refractivity contribution in [2.24, 2.45) is 23.7 Å². The number of phenolic OH excluding ortho intramolecular Hbond substituents is 1. The van der Waals surface area contributed by atoms with Gasteiger partial charge in [0.15, 0.2) is 23.1 Å². The number of carbonyl (C=O) groups excluding carboxylic acids is 4. The summed E-state index contributed by atoms with van der Waals surface area (Å²) in [4.78, 5) is 54.9. The molecular formula is C30H30BrNO7. The summed E-state index contributed by atoms with van der Waals surface area (Å²) in [6.45, 7) is 5.52. The third kappa shape index (κ3) is 4.27. The van der Waals surface area contributed by atoms with Crippen molar-refractivity contribution in [3.63, 3.8) is 0 Å². The Hall–Kier alpha value is -3.46. The van der Waals surface area contributed by atoms with Gasteiger partial charge in [0.05, 0.1) is 30.5 Å². The fourth-order valence-corrected chi connectivity index (χ4v) is 6.81. The number of imide groups is 1. The van der Waals surface area contributed by atoms with Gasteiger partial charge in [-0.25, -0.2) is 0 Å². The number of amides is 2. The Labute approximate surface area is 235 Å². The lowest BCUT2D eigenvalue weighted by Crippen LogP contribution is -2.46. The van der Waals surface area contributed by atoms with Gasteiger partial charge in [0, 0.05) is 28.7 Å². The number of fused-ring (bicyclic) bond motifs is 3. The standard InChI is InChI=1S/C30H30BrNO7/c1-30(2,3)32-28(36)17-9-8-15-16(7-6-14-10-22(38-4)27(35)23(11-14)39-5)24-19(12-18(15)25(17)29(32)37)26(34)20(31)13-21(24)33/h6-8,10-11,13,16-18,25,35H,9,12H2,1-5H3. The van der Waals surface area contributed by atoms with Crippen molar-refractivity contribution < 1.29 is 33.8 Å². The molecule has 0 spiro atoms. The number of ether oxygens (including phenoxy) is 2. The Bertz CT molecular complexity index is 1420. The Kier molecular flexibility index (Phi) is 6.69. The maximum atomic E-state index is 13.7. The van der Waals surface area contributed by atoms with Crippen LogP contribution in [-0.4, -0.2) is 53.1 Å². The quantitative estimate of drug-likeness (QED) is 0.309. The summed E-state index contributed by atoms with van der Waals surface area (Å²) in [6, 6.07) is 3.28. The Balaban J connectivity index is 1.62. The molecule has 1 N–H and O–H groups in total. The highest BCUT2D eigenvalue weighted by Crippen LogP contribution is 2.53. The highest BCUT2D eigenvalue weighted by Gasteiger charge is 2.57. The van der Waals surface area contributed by atoms with Crippen molar-refractivity contribution in [1.82, 2.24) is 4.90 Å². The van der Waals surface area contributed by atoms with Crippen molar-refractivity contribution in [3.05, 3.63) is 57.1 Å². The van der Waals surface area contributed by atoms with E-state index < -0.39 is 23.3 Å². The van der Waals surface area contributed by atoms with E-state index in [2.05, 4.69) is 15.9 Å². The van der Waals surface area contributed by atoms with Gasteiger partial charge in [0.1, 0.15) is 0 Å². The highest BCUT2D eigenvalue weighted by molar-refractivity contribution is 9.12. The molecular weight excluding hydrogens is 566 g/mol. The molecule has 204 valence electrons. The van der Waals surface area contributed by atoms with Crippen LogP contribution in [0.3, 0.4) is 0 Å². The molecule has 0 aromatic heterocycles. The summed E-state index contributed by atoms with van der Waals surface area (Å²) in [7, 11) is 2.87. The monoisotopic (exact) mass is 595 g/mol. The first-order valence-electron chi connectivity index (χ1n) is 12.8. The van der Waals surface area contributed by atoms with E-state index in [9.17, 15) is 24.3 Å². The van der Waals surface area contributed by atoms with Gasteiger partial charge in [0.2, 0.25) is 17.6 Å². The number of likely N-dealkylation sites (tertiary alicyclic amines) is 1. The van der Waals surface area contributed by atoms with Gasteiger partial charge in [-0.3, -0.25) is 24.1 Å². The number of benzene rings is 1. The zero-order chi connectivity index (χ0) is 28.4. The minimum Gasteiger partial charge on any atom is -0.502 e. The van der Waals surface area contributed by atoms with E-state index in [1.165, 1.54) is 25.2 Å². The minimum absolute atomic E-state index is 0.128. The van der Waals surface area contributed by atoms with E-state index in [1.807, 2.05) is 32.9 Å². The average Bonchev–Trinajstić information content (AvgIpc) is 3.15. The first-order valence-corrected chi connectivity index (χ1v) is 13.6. The summed E-state index contributed by atoms with van der Waals surface area (Å²) < 4.78 is 10.7. The number of nitrogens with zero attached hydrogens (tertiary/aromatic N) is 1. The molecule has 1 aliphatic heterocycles. The Morgan fingerprint density at radius 2 is 1.67 bits per heavy atom. The molecule has 9 heteroatoms. The Morgan fingerprint density at radius 1 is 1.03 bits per heavy atom. The molecule has 1 aromatic carbocycles. The van der Waals surface area contributed by atoms with E-state index in [-0.39, 0.29) is 57.5 Å². The normalized spacial score (nSPS) is 26.9. The van der Waals surface area contributed by atoms with E-state index in [4.69, 9.17) is 9.47 Å². The summed E-state index contributed by atoms with van der Waals surface area (Å²) in [5.74, 6) is -2.67. The van der Waals surface area contributed by atoms with Crippen LogP contribution in [-0.2, 0) is 19.2 Å². The second-order valence-corrected chi connectivity index (χ2v) is 12.1. The molecule has 4 unspecified atom stereocenters. The molecule has 3 aliphatic carbocycles. The predicted molar refractivity (Wildman–Crippen MR) is 147 cm³/mol. The van der Waals surface area contributed by atoms with Crippen molar-refractivity contribution in [1.29, 1.82) is 0 Å². The van der Waals surface area contributed by atoms with Crippen molar-refractivity contribution in [3.8, 4) is 17.2 Å². The van der Waals surface area contributed by atoms with Crippen molar-refractivity contribution in [2.45, 2.75) is 39.2 Å². The van der Waals surface area contributed by atoms with Crippen LogP contribution in [0.2, 0.25) is 0 Å². The molecule has 0 radical (unpaired) electrons. The number of allylic oxidation sites excluding steroid dienone is 7. The van der Waals surface area contributed by atoms with E-state index in [0.29, 0.717) is 23.1 Å². The maximum Gasteiger partial charge on any atom is 0.234 e. The van der Waals surface area contributed by atoms with Gasteiger partial charge < -0.3 is 14.6 Å². The van der Waals surface area contributed by atoms with Crippen LogP contribution in [0.25, 0.3) is 6.08 Å². The number of ketones is 2. The van der Waals surface area contributed by atoms with Crippen LogP contribution in [0.1, 0.15) is 39.2 Å². The fourth-order valence-electron chi connectivity index (χ4n) is 6.36. The molecule has 0 saturated carbocycles. The smallest absolute Gasteiger partial charge is 0.234 e. The highest BCUT2D eigenvalue weighted by atomic mass is 79.9. The second kappa shape index (κ2) is 9.62. The number of halogens is 1. The molecule has 4 aliphatic rings. The molecule has 4 atom stereocenters. The molecule has 0 bridgehead atoms. The maximum absolute atomic E-state index is 13.7. The van der Waals surface area contributed by atoms with Gasteiger partial charge in [-0.15, -0.1) is 0 Å². The van der Waals surface area contributed by atoms with Crippen LogP contribution in [0, 0.1) is 23.7 Å². The van der Waals surface area contributed by atoms with Crippen molar-refractivity contribution >= 4 is 45.4 Å². The SMILES string of the molecule is COc1cc(C=CC2C3=CCC4C(=O)N(C(C)(C)C)C(=O)C4C3CC3=C2C(=O)C=C(Br)C3=O)cc(OC)c1O. The number of Topliss-reactive ketones (excluding diaryl/α,β-unsaturated/α-hetero) is 1. The van der Waals surface area contributed by atoms with E-state index in [0.717, 1.165) is 5.57 Å². The number of hydrogen-bond donors (Lipinski definition) is 1. The lowest BCUT2D eigenvalue weighted by molar-refractivity contribution is -0.145. The summed E-state index contributed by atoms with van der Waals surface area (Å²) in [5, 5.41) is 10.3. The van der Waals surface area contributed by atoms with Gasteiger partial charge >= 0.3 is 0 Å². The number of phenols is 1. The lowest BCUT2D eigenvalue weighted by atomic mass is 9.61. The molecule has 1 saturated heterocycles. The largest absolute Gasteiger partial charge is 0.502 e. The zero-order valence-corrected chi connectivity index (χ0v) is 24.0. The van der Waals surface area contributed by atoms with Crippen LogP contribution < -0.4 is 9.47 Å². The van der Waals surface area contributed by atoms with Gasteiger partial charge in [-0.2, -0.15) is 0 Å². The number of methoxy groups -OCH3 is 2. The summed E-state index contributed by atoms with van der Waals surface area (Å²) >= 11 is 3.23. The van der Waals surface area contributed by atoms with Crippen LogP contribution in [0.15, 0.2) is 51.6 Å². The van der Waals surface area contributed by atoms with Crippen LogP contribution in [0.5, 0.6) is 17.2 Å². The molecule has 8 nitrogen and oxygen atoms in total. The number of aromatic hydroxyl groups is 1. The zero-order valence-electron chi connectivity index (χ0n) is 22.4. The third-order valence-corrected chi connectivity index (χ3v) is 8.62. The van der Waals surface area contributed by atoms with Gasteiger partial charge in [-0.1, -0.05) is 23.8 Å². The van der Waals surface area contributed by atoms with Crippen LogP contribution in [0.4, 0.5) is 0 Å². The number of rotatable bonds is 4. The topological polar surface area (TPSA) is 110 Å². The minimum atomic E-state index is -0.663. The van der Waals surface area contributed by atoms with E-state index >= 15 is 0 Å². The molecule has 1 aromatic rings.